The van der Waals surface area contributed by atoms with E-state index in [-0.39, 0.29) is 6.54 Å². The van der Waals surface area contributed by atoms with Gasteiger partial charge in [0.1, 0.15) is 11.4 Å². The van der Waals surface area contributed by atoms with Crippen molar-refractivity contribution in [1.29, 1.82) is 0 Å². The Balaban J connectivity index is 2.24. The largest absolute Gasteiger partial charge is 0.459 e. The molecule has 2 aromatic heterocycles. The first kappa shape index (κ1) is 19.5. The number of nitrogens with zero attached hydrogens (tertiary/aromatic N) is 1. The second-order valence-electron chi connectivity index (χ2n) is 6.12. The Hall–Kier alpha value is -3.31. The fourth-order valence-corrected chi connectivity index (χ4v) is 2.99. The van der Waals surface area contributed by atoms with Crippen LogP contribution >= 0.6 is 0 Å². The lowest BCUT2D eigenvalue weighted by molar-refractivity contribution is -0.196. The van der Waals surface area contributed by atoms with E-state index in [1.807, 2.05) is 5.32 Å². The fourth-order valence-electron chi connectivity index (χ4n) is 2.99. The van der Waals surface area contributed by atoms with Crippen molar-refractivity contribution in [1.82, 2.24) is 14.9 Å². The molecule has 1 atom stereocenters. The van der Waals surface area contributed by atoms with Gasteiger partial charge in [0.2, 0.25) is 0 Å². The average Bonchev–Trinajstić information content (AvgIpc) is 3.22. The molecule has 0 fully saturated rings. The van der Waals surface area contributed by atoms with Crippen LogP contribution in [-0.2, 0) is 16.9 Å². The molecule has 0 saturated carbocycles. The maximum Gasteiger partial charge on any atom is 0.425 e. The molecule has 3 rings (SSSR count). The number of carbonyl (C=O) groups excluding carboxylic acids is 2. The number of alkyl halides is 3. The smallest absolute Gasteiger partial charge is 0.425 e. The first-order valence-electron chi connectivity index (χ1n) is 8.25. The minimum atomic E-state index is -5.38. The van der Waals surface area contributed by atoms with Gasteiger partial charge in [-0.05, 0) is 18.6 Å². The number of furan rings is 1. The molecule has 1 aliphatic heterocycles. The molecule has 0 aliphatic carbocycles. The van der Waals surface area contributed by atoms with Gasteiger partial charge >= 0.3 is 11.9 Å². The molecule has 9 nitrogen and oxygen atoms in total. The second-order valence-corrected chi connectivity index (χ2v) is 6.12. The topological polar surface area (TPSA) is 126 Å². The molecule has 0 radical (unpaired) electrons. The zero-order valence-corrected chi connectivity index (χ0v) is 14.5. The van der Waals surface area contributed by atoms with Crippen molar-refractivity contribution in [3.63, 3.8) is 0 Å². The van der Waals surface area contributed by atoms with Gasteiger partial charge in [-0.25, -0.2) is 4.79 Å². The lowest BCUT2D eigenvalue weighted by Crippen LogP contribution is -2.62. The van der Waals surface area contributed by atoms with Gasteiger partial charge in [-0.1, -0.05) is 13.3 Å². The number of aromatic nitrogens is 2. The summed E-state index contributed by atoms with van der Waals surface area (Å²) in [5.41, 5.74) is -7.17. The van der Waals surface area contributed by atoms with Gasteiger partial charge in [-0.2, -0.15) is 13.2 Å². The predicted octanol–water partition coefficient (Wildman–Crippen LogP) is 1.07. The number of hydrogen-bond donors (Lipinski definition) is 3. The van der Waals surface area contributed by atoms with Crippen LogP contribution in [0.5, 0.6) is 0 Å². The Morgan fingerprint density at radius 1 is 1.32 bits per heavy atom. The molecule has 12 heteroatoms. The van der Waals surface area contributed by atoms with E-state index in [2.05, 4.69) is 0 Å². The third-order valence-corrected chi connectivity index (χ3v) is 4.35. The number of halogens is 3. The number of anilines is 1. The van der Waals surface area contributed by atoms with Crippen LogP contribution in [0, 0.1) is 0 Å². The van der Waals surface area contributed by atoms with Crippen molar-refractivity contribution >= 4 is 17.6 Å². The Kier molecular flexibility index (Phi) is 4.65. The van der Waals surface area contributed by atoms with Gasteiger partial charge in [0.25, 0.3) is 22.9 Å². The summed E-state index contributed by atoms with van der Waals surface area (Å²) in [6, 6.07) is 2.37. The summed E-state index contributed by atoms with van der Waals surface area (Å²) in [5, 5.41) is 3.52. The number of aromatic amines is 1. The fraction of sp³-hybridized carbons (Fsp3) is 0.375. The Labute approximate surface area is 154 Å². The minimum Gasteiger partial charge on any atom is -0.459 e. The lowest BCUT2D eigenvalue weighted by Gasteiger charge is -2.29. The van der Waals surface area contributed by atoms with Crippen LogP contribution in [0.15, 0.2) is 32.4 Å². The van der Waals surface area contributed by atoms with E-state index in [1.165, 1.54) is 6.07 Å². The molecule has 3 heterocycles. The van der Waals surface area contributed by atoms with Crippen LogP contribution in [0.3, 0.4) is 0 Å². The number of unbranched alkanes of at least 4 members (excludes halogenated alkanes) is 1. The van der Waals surface area contributed by atoms with Crippen LogP contribution in [0.25, 0.3) is 0 Å². The average molecular weight is 400 g/mol. The van der Waals surface area contributed by atoms with E-state index in [4.69, 9.17) is 4.42 Å². The molecule has 0 aromatic carbocycles. The molecule has 28 heavy (non-hydrogen) atoms. The first-order valence-corrected chi connectivity index (χ1v) is 8.25. The normalized spacial score (nSPS) is 18.6. The Bertz CT molecular complexity index is 1040. The maximum absolute atomic E-state index is 14.1. The number of fused-ring (bicyclic) bond motifs is 1. The third-order valence-electron chi connectivity index (χ3n) is 4.35. The van der Waals surface area contributed by atoms with Gasteiger partial charge in [-0.15, -0.1) is 0 Å². The van der Waals surface area contributed by atoms with Crippen molar-refractivity contribution in [2.45, 2.75) is 38.0 Å². The van der Waals surface area contributed by atoms with E-state index in [0.717, 1.165) is 16.9 Å². The minimum absolute atomic E-state index is 0.0329. The SMILES string of the molecule is CCCCn1c2c(c(=O)[nH]c1=O)C(NC(=O)c1ccco1)(C(F)(F)F)C(=O)N2. The highest BCUT2D eigenvalue weighted by molar-refractivity contribution is 6.08. The van der Waals surface area contributed by atoms with Crippen LogP contribution in [0.1, 0.15) is 35.9 Å². The molecule has 150 valence electrons. The molecule has 3 N–H and O–H groups in total. The summed E-state index contributed by atoms with van der Waals surface area (Å²) < 4.78 is 47.8. The molecule has 2 aromatic rings. The first-order chi connectivity index (χ1) is 13.1. The van der Waals surface area contributed by atoms with Crippen molar-refractivity contribution in [3.8, 4) is 0 Å². The van der Waals surface area contributed by atoms with Gasteiger partial charge in [-0.3, -0.25) is 23.9 Å². The van der Waals surface area contributed by atoms with Gasteiger partial charge in [0.05, 0.1) is 6.26 Å². The van der Waals surface area contributed by atoms with E-state index in [0.29, 0.717) is 12.8 Å². The molecular weight excluding hydrogens is 385 g/mol. The molecular formula is C16H15F3N4O5. The number of amides is 2. The predicted molar refractivity (Wildman–Crippen MR) is 88.8 cm³/mol. The highest BCUT2D eigenvalue weighted by atomic mass is 19.4. The van der Waals surface area contributed by atoms with Crippen molar-refractivity contribution in [3.05, 3.63) is 50.6 Å². The number of carbonyl (C=O) groups is 2. The van der Waals surface area contributed by atoms with Gasteiger partial charge in [0, 0.05) is 6.54 Å². The summed E-state index contributed by atoms with van der Waals surface area (Å²) in [6.45, 7) is 1.76. The molecule has 0 saturated heterocycles. The van der Waals surface area contributed by atoms with Crippen LogP contribution in [0.4, 0.5) is 19.0 Å². The molecule has 1 unspecified atom stereocenters. The number of hydrogen-bond acceptors (Lipinski definition) is 5. The summed E-state index contributed by atoms with van der Waals surface area (Å²) in [7, 11) is 0. The Morgan fingerprint density at radius 2 is 2.04 bits per heavy atom. The van der Waals surface area contributed by atoms with Crippen molar-refractivity contribution in [2.75, 3.05) is 5.32 Å². The second kappa shape index (κ2) is 6.69. The van der Waals surface area contributed by atoms with Crippen LogP contribution < -0.4 is 21.9 Å². The lowest BCUT2D eigenvalue weighted by atomic mass is 9.91. The summed E-state index contributed by atoms with van der Waals surface area (Å²) >= 11 is 0. The van der Waals surface area contributed by atoms with Gasteiger partial charge in [0.15, 0.2) is 5.76 Å². The van der Waals surface area contributed by atoms with Crippen LogP contribution in [-0.4, -0.2) is 27.5 Å². The van der Waals surface area contributed by atoms with E-state index in [1.54, 1.807) is 17.2 Å². The Morgan fingerprint density at radius 3 is 2.61 bits per heavy atom. The van der Waals surface area contributed by atoms with Crippen molar-refractivity contribution in [2.24, 2.45) is 0 Å². The number of nitrogens with one attached hydrogen (secondary N) is 3. The third kappa shape index (κ3) is 2.80. The maximum atomic E-state index is 14.1. The summed E-state index contributed by atoms with van der Waals surface area (Å²) in [6.07, 6.45) is -3.31. The van der Waals surface area contributed by atoms with Crippen LogP contribution in [0.2, 0.25) is 0 Å². The van der Waals surface area contributed by atoms with E-state index >= 15 is 0 Å². The molecule has 1 aliphatic rings. The molecule has 0 spiro atoms. The quantitative estimate of drug-likeness (QED) is 0.692. The number of rotatable bonds is 5. The standard InChI is InChI=1S/C16H15F3N4O5/c1-2-3-6-23-10-9(12(25)21-14(23)27)15(13(26)20-10,16(17,18)19)22-11(24)8-5-4-7-28-8/h4-5,7H,2-3,6H2,1H3,(H,20,26)(H,22,24)(H,21,25,27). The summed E-state index contributed by atoms with van der Waals surface area (Å²) in [5.74, 6) is -4.13. The zero-order chi connectivity index (χ0) is 20.7. The summed E-state index contributed by atoms with van der Waals surface area (Å²) in [4.78, 5) is 50.8. The van der Waals surface area contributed by atoms with Gasteiger partial charge < -0.3 is 15.1 Å². The van der Waals surface area contributed by atoms with Crippen molar-refractivity contribution < 1.29 is 27.2 Å². The highest BCUT2D eigenvalue weighted by Gasteiger charge is 2.68. The monoisotopic (exact) mass is 400 g/mol. The zero-order valence-electron chi connectivity index (χ0n) is 14.5. The van der Waals surface area contributed by atoms with E-state index in [9.17, 15) is 32.3 Å². The molecule has 0 bridgehead atoms. The molecule has 2 amide bonds. The number of H-pyrrole nitrogens is 1. The highest BCUT2D eigenvalue weighted by Crippen LogP contribution is 2.45. The van der Waals surface area contributed by atoms with E-state index < -0.39 is 51.9 Å².